The Morgan fingerprint density at radius 3 is 2.76 bits per heavy atom. The van der Waals surface area contributed by atoms with Gasteiger partial charge in [0, 0.05) is 55.3 Å². The van der Waals surface area contributed by atoms with Crippen molar-refractivity contribution in [3.63, 3.8) is 0 Å². The zero-order valence-corrected chi connectivity index (χ0v) is 16.9. The topological polar surface area (TPSA) is 61.0 Å². The van der Waals surface area contributed by atoms with Crippen molar-refractivity contribution in [3.8, 4) is 0 Å². The molecule has 150 valence electrons. The molecule has 29 heavy (non-hydrogen) atoms. The number of hydrogen-bond acceptors (Lipinski definition) is 3. The van der Waals surface area contributed by atoms with Gasteiger partial charge < -0.3 is 10.3 Å². The highest BCUT2D eigenvalue weighted by molar-refractivity contribution is 5.83. The summed E-state index contributed by atoms with van der Waals surface area (Å²) in [6.45, 7) is 4.66. The largest absolute Gasteiger partial charge is 0.351 e. The second kappa shape index (κ2) is 7.64. The highest BCUT2D eigenvalue weighted by atomic mass is 16.1. The zero-order chi connectivity index (χ0) is 19.8. The maximum Gasteiger partial charge on any atom is 0.219 e. The fraction of sp³-hybridized carbons (Fsp3) is 0.417. The SMILES string of the molecule is CCC(=O)N[C@@H]1CN(Cc2ccccc2)C[C@H]1c1c(C2CC2)[nH]c2ncccc12. The molecule has 2 fully saturated rings. The van der Waals surface area contributed by atoms with Crippen LogP contribution < -0.4 is 5.32 Å². The van der Waals surface area contributed by atoms with Gasteiger partial charge in [0.25, 0.3) is 0 Å². The minimum absolute atomic E-state index is 0.128. The lowest BCUT2D eigenvalue weighted by atomic mass is 9.90. The molecule has 0 unspecified atom stereocenters. The number of carbonyl (C=O) groups is 1. The Balaban J connectivity index is 1.50. The van der Waals surface area contributed by atoms with E-state index in [9.17, 15) is 4.79 Å². The monoisotopic (exact) mass is 388 g/mol. The van der Waals surface area contributed by atoms with Gasteiger partial charge in [-0.15, -0.1) is 0 Å². The Kier molecular flexibility index (Phi) is 4.84. The lowest BCUT2D eigenvalue weighted by Crippen LogP contribution is -2.39. The first kappa shape index (κ1) is 18.4. The van der Waals surface area contributed by atoms with Crippen LogP contribution in [0.3, 0.4) is 0 Å². The molecule has 0 radical (unpaired) electrons. The number of amides is 1. The third kappa shape index (κ3) is 3.67. The lowest BCUT2D eigenvalue weighted by molar-refractivity contribution is -0.121. The fourth-order valence-corrected chi connectivity index (χ4v) is 4.76. The standard InChI is InChI=1S/C24H28N4O/c1-2-21(29)26-20-15-28(13-16-7-4-3-5-8-16)14-19(20)22-18-9-6-12-25-24(18)27-23(22)17-10-11-17/h3-9,12,17,19-20H,2,10-11,13-15H2,1H3,(H,25,27)(H,26,29)/t19-,20-/m1/s1. The predicted octanol–water partition coefficient (Wildman–Crippen LogP) is 3.93. The molecule has 5 heteroatoms. The average Bonchev–Trinajstić information content (AvgIpc) is 3.42. The summed E-state index contributed by atoms with van der Waals surface area (Å²) in [6.07, 6.45) is 4.86. The lowest BCUT2D eigenvalue weighted by Gasteiger charge is -2.21. The van der Waals surface area contributed by atoms with E-state index in [1.54, 1.807) is 0 Å². The van der Waals surface area contributed by atoms with Crippen molar-refractivity contribution in [2.24, 2.45) is 0 Å². The van der Waals surface area contributed by atoms with Crippen molar-refractivity contribution in [2.45, 2.75) is 50.6 Å². The molecule has 3 heterocycles. The number of carbonyl (C=O) groups excluding carboxylic acids is 1. The quantitative estimate of drug-likeness (QED) is 0.672. The molecule has 2 N–H and O–H groups in total. The van der Waals surface area contributed by atoms with E-state index in [-0.39, 0.29) is 17.9 Å². The van der Waals surface area contributed by atoms with Crippen LogP contribution in [0.5, 0.6) is 0 Å². The molecular weight excluding hydrogens is 360 g/mol. The molecule has 0 spiro atoms. The number of aromatic amines is 1. The predicted molar refractivity (Wildman–Crippen MR) is 115 cm³/mol. The van der Waals surface area contributed by atoms with Crippen molar-refractivity contribution < 1.29 is 4.79 Å². The minimum Gasteiger partial charge on any atom is -0.351 e. The Hall–Kier alpha value is -2.66. The van der Waals surface area contributed by atoms with E-state index in [1.165, 1.54) is 35.0 Å². The number of aromatic nitrogens is 2. The van der Waals surface area contributed by atoms with Gasteiger partial charge in [0.2, 0.25) is 5.91 Å². The van der Waals surface area contributed by atoms with Gasteiger partial charge in [-0.3, -0.25) is 9.69 Å². The highest BCUT2D eigenvalue weighted by Crippen LogP contribution is 2.46. The van der Waals surface area contributed by atoms with Crippen molar-refractivity contribution in [3.05, 3.63) is 65.5 Å². The van der Waals surface area contributed by atoms with Crippen LogP contribution >= 0.6 is 0 Å². The summed E-state index contributed by atoms with van der Waals surface area (Å²) in [5, 5.41) is 4.54. The maximum atomic E-state index is 12.3. The van der Waals surface area contributed by atoms with Crippen LogP contribution in [-0.2, 0) is 11.3 Å². The summed E-state index contributed by atoms with van der Waals surface area (Å²) in [6, 6.07) is 14.9. The summed E-state index contributed by atoms with van der Waals surface area (Å²) in [4.78, 5) is 23.0. The van der Waals surface area contributed by atoms with E-state index in [2.05, 4.69) is 56.6 Å². The second-order valence-corrected chi connectivity index (χ2v) is 8.44. The first-order valence-electron chi connectivity index (χ1n) is 10.7. The molecule has 1 aromatic carbocycles. The van der Waals surface area contributed by atoms with Gasteiger partial charge >= 0.3 is 0 Å². The van der Waals surface area contributed by atoms with Crippen molar-refractivity contribution in [1.29, 1.82) is 0 Å². The van der Waals surface area contributed by atoms with Gasteiger partial charge in [-0.05, 0) is 42.0 Å². The number of fused-ring (bicyclic) bond motifs is 1. The number of nitrogens with zero attached hydrogens (tertiary/aromatic N) is 2. The van der Waals surface area contributed by atoms with Crippen LogP contribution in [0.2, 0.25) is 0 Å². The molecule has 3 aromatic rings. The first-order chi connectivity index (χ1) is 14.2. The van der Waals surface area contributed by atoms with Crippen LogP contribution in [0.1, 0.15) is 54.8 Å². The Bertz CT molecular complexity index is 1010. The van der Waals surface area contributed by atoms with Crippen LogP contribution in [0.25, 0.3) is 11.0 Å². The molecule has 2 aromatic heterocycles. The number of benzene rings is 1. The van der Waals surface area contributed by atoms with Gasteiger partial charge in [0.05, 0.1) is 0 Å². The summed E-state index contributed by atoms with van der Waals surface area (Å²) in [7, 11) is 0. The zero-order valence-electron chi connectivity index (χ0n) is 16.9. The van der Waals surface area contributed by atoms with Crippen LogP contribution in [0, 0.1) is 0 Å². The van der Waals surface area contributed by atoms with Crippen LogP contribution in [0.15, 0.2) is 48.7 Å². The van der Waals surface area contributed by atoms with E-state index in [0.29, 0.717) is 12.3 Å². The molecule has 2 aliphatic rings. The molecular formula is C24H28N4O. The number of H-pyrrole nitrogens is 1. The fourth-order valence-electron chi connectivity index (χ4n) is 4.76. The minimum atomic E-state index is 0.128. The number of rotatable bonds is 6. The smallest absolute Gasteiger partial charge is 0.219 e. The molecule has 5 rings (SSSR count). The van der Waals surface area contributed by atoms with E-state index in [4.69, 9.17) is 0 Å². The summed E-state index contributed by atoms with van der Waals surface area (Å²) in [5.41, 5.74) is 5.02. The Labute approximate surface area is 171 Å². The van der Waals surface area contributed by atoms with Crippen molar-refractivity contribution in [1.82, 2.24) is 20.2 Å². The number of nitrogens with one attached hydrogen (secondary N) is 2. The third-order valence-corrected chi connectivity index (χ3v) is 6.31. The molecule has 1 aliphatic heterocycles. The van der Waals surface area contributed by atoms with Crippen molar-refractivity contribution >= 4 is 16.9 Å². The Morgan fingerprint density at radius 2 is 2.00 bits per heavy atom. The molecule has 0 bridgehead atoms. The van der Waals surface area contributed by atoms with Crippen LogP contribution in [-0.4, -0.2) is 39.9 Å². The van der Waals surface area contributed by atoms with E-state index in [0.717, 1.165) is 25.3 Å². The molecule has 1 amide bonds. The number of hydrogen-bond donors (Lipinski definition) is 2. The van der Waals surface area contributed by atoms with Gasteiger partial charge in [0.1, 0.15) is 5.65 Å². The maximum absolute atomic E-state index is 12.3. The van der Waals surface area contributed by atoms with E-state index in [1.807, 2.05) is 19.2 Å². The Morgan fingerprint density at radius 1 is 1.17 bits per heavy atom. The summed E-state index contributed by atoms with van der Waals surface area (Å²) >= 11 is 0. The summed E-state index contributed by atoms with van der Waals surface area (Å²) in [5.74, 6) is 1.03. The molecule has 1 saturated carbocycles. The first-order valence-corrected chi connectivity index (χ1v) is 10.7. The van der Waals surface area contributed by atoms with Crippen LogP contribution in [0.4, 0.5) is 0 Å². The molecule has 1 saturated heterocycles. The average molecular weight is 389 g/mol. The van der Waals surface area contributed by atoms with E-state index < -0.39 is 0 Å². The second-order valence-electron chi connectivity index (χ2n) is 8.44. The van der Waals surface area contributed by atoms with Gasteiger partial charge in [-0.2, -0.15) is 0 Å². The number of likely N-dealkylation sites (tertiary alicyclic amines) is 1. The van der Waals surface area contributed by atoms with Crippen molar-refractivity contribution in [2.75, 3.05) is 13.1 Å². The molecule has 2 atom stereocenters. The van der Waals surface area contributed by atoms with Gasteiger partial charge in [-0.25, -0.2) is 4.98 Å². The number of pyridine rings is 1. The third-order valence-electron chi connectivity index (χ3n) is 6.31. The molecule has 5 nitrogen and oxygen atoms in total. The molecule has 1 aliphatic carbocycles. The normalized spacial score (nSPS) is 22.2. The van der Waals surface area contributed by atoms with Gasteiger partial charge in [-0.1, -0.05) is 37.3 Å². The van der Waals surface area contributed by atoms with E-state index >= 15 is 0 Å². The summed E-state index contributed by atoms with van der Waals surface area (Å²) < 4.78 is 0. The highest BCUT2D eigenvalue weighted by Gasteiger charge is 2.40. The van der Waals surface area contributed by atoms with Gasteiger partial charge in [0.15, 0.2) is 0 Å².